The van der Waals surface area contributed by atoms with Crippen molar-refractivity contribution in [2.45, 2.75) is 65.1 Å². The summed E-state index contributed by atoms with van der Waals surface area (Å²) in [6, 6.07) is 3.27. The largest absolute Gasteiger partial charge is 0.342 e. The van der Waals surface area contributed by atoms with Crippen LogP contribution in [-0.4, -0.2) is 58.0 Å². The Hall–Kier alpha value is -2.41. The summed E-state index contributed by atoms with van der Waals surface area (Å²) in [5.41, 5.74) is 1.80. The monoisotopic (exact) mass is 413 g/mol. The lowest BCUT2D eigenvalue weighted by atomic mass is 9.85. The fourth-order valence-corrected chi connectivity index (χ4v) is 4.26. The van der Waals surface area contributed by atoms with Gasteiger partial charge in [-0.05, 0) is 56.3 Å². The summed E-state index contributed by atoms with van der Waals surface area (Å²) in [7, 11) is 3.75. The molecule has 0 aliphatic carbocycles. The number of likely N-dealkylation sites (N-methyl/N-ethyl adjacent to an activating group) is 1. The molecule has 1 fully saturated rings. The highest BCUT2D eigenvalue weighted by Gasteiger charge is 2.40. The van der Waals surface area contributed by atoms with Crippen LogP contribution in [0.2, 0.25) is 0 Å². The van der Waals surface area contributed by atoms with Crippen LogP contribution in [0.4, 0.5) is 0 Å². The summed E-state index contributed by atoms with van der Waals surface area (Å²) in [5, 5.41) is 7.08. The van der Waals surface area contributed by atoms with Crippen molar-refractivity contribution < 1.29 is 9.59 Å². The summed E-state index contributed by atoms with van der Waals surface area (Å²) < 4.78 is 2.04. The number of amides is 2. The molecule has 3 rings (SSSR count). The molecule has 164 valence electrons. The summed E-state index contributed by atoms with van der Waals surface area (Å²) in [6.07, 6.45) is 6.68. The van der Waals surface area contributed by atoms with Crippen LogP contribution in [-0.2, 0) is 23.1 Å². The highest BCUT2D eigenvalue weighted by molar-refractivity contribution is 5.90. The van der Waals surface area contributed by atoms with E-state index in [2.05, 4.69) is 27.9 Å². The maximum atomic E-state index is 13.6. The molecular formula is C23H35N5O2. The van der Waals surface area contributed by atoms with Gasteiger partial charge in [-0.1, -0.05) is 20.8 Å². The number of aromatic nitrogens is 2. The van der Waals surface area contributed by atoms with Crippen LogP contribution in [0.5, 0.6) is 0 Å². The van der Waals surface area contributed by atoms with Crippen molar-refractivity contribution in [3.63, 3.8) is 0 Å². The Morgan fingerprint density at radius 2 is 2.07 bits per heavy atom. The molecule has 7 heteroatoms. The normalized spacial score (nSPS) is 19.1. The molecule has 2 amide bonds. The number of carbonyl (C=O) groups excluding carboxylic acids is 2. The average Bonchev–Trinajstić information content (AvgIpc) is 3.29. The number of aryl methyl sites for hydroxylation is 1. The first-order chi connectivity index (χ1) is 14.1. The molecule has 2 aromatic rings. The van der Waals surface area contributed by atoms with Gasteiger partial charge in [-0.15, -0.1) is 0 Å². The van der Waals surface area contributed by atoms with Crippen LogP contribution < -0.4 is 10.6 Å². The minimum absolute atomic E-state index is 0.0139. The van der Waals surface area contributed by atoms with E-state index in [0.29, 0.717) is 0 Å². The first-order valence-corrected chi connectivity index (χ1v) is 10.8. The van der Waals surface area contributed by atoms with Gasteiger partial charge in [0, 0.05) is 37.4 Å². The van der Waals surface area contributed by atoms with E-state index in [1.54, 1.807) is 20.2 Å². The third kappa shape index (κ3) is 4.51. The molecule has 1 aliphatic heterocycles. The molecule has 0 unspecified atom stereocenters. The molecular weight excluding hydrogens is 378 g/mol. The van der Waals surface area contributed by atoms with Crippen LogP contribution in [0.1, 0.15) is 46.1 Å². The lowest BCUT2D eigenvalue weighted by molar-refractivity contribution is -0.140. The predicted octanol–water partition coefficient (Wildman–Crippen LogP) is 2.25. The van der Waals surface area contributed by atoms with E-state index in [-0.39, 0.29) is 29.3 Å². The van der Waals surface area contributed by atoms with Gasteiger partial charge in [-0.3, -0.25) is 9.59 Å². The second-order valence-electron chi connectivity index (χ2n) is 9.49. The Morgan fingerprint density at radius 1 is 1.33 bits per heavy atom. The number of hydrogen-bond donors (Lipinski definition) is 2. The molecule has 3 atom stereocenters. The molecule has 1 aliphatic rings. The fraction of sp³-hybridized carbons (Fsp3) is 0.609. The molecule has 0 radical (unpaired) electrons. The van der Waals surface area contributed by atoms with Gasteiger partial charge >= 0.3 is 0 Å². The number of nitrogens with one attached hydrogen (secondary N) is 2. The number of hydrogen-bond acceptors (Lipinski definition) is 4. The first-order valence-electron chi connectivity index (χ1n) is 10.8. The number of fused-ring (bicyclic) bond motifs is 1. The van der Waals surface area contributed by atoms with Crippen LogP contribution in [0, 0.1) is 5.41 Å². The van der Waals surface area contributed by atoms with Crippen LogP contribution >= 0.6 is 0 Å². The predicted molar refractivity (Wildman–Crippen MR) is 119 cm³/mol. The Morgan fingerprint density at radius 3 is 2.73 bits per heavy atom. The van der Waals surface area contributed by atoms with Gasteiger partial charge in [-0.2, -0.15) is 0 Å². The Kier molecular flexibility index (Phi) is 6.50. The molecule has 3 heterocycles. The molecule has 0 aromatic carbocycles. The second kappa shape index (κ2) is 8.76. The third-order valence-electron chi connectivity index (χ3n) is 6.16. The van der Waals surface area contributed by atoms with Gasteiger partial charge in [0.15, 0.2) is 0 Å². The number of rotatable bonds is 6. The summed E-state index contributed by atoms with van der Waals surface area (Å²) >= 11 is 0. The van der Waals surface area contributed by atoms with Crippen LogP contribution in [0.15, 0.2) is 24.5 Å². The molecule has 2 aromatic heterocycles. The lowest BCUT2D eigenvalue weighted by Crippen LogP contribution is -2.58. The number of likely N-dealkylation sites (tertiary alicyclic amines) is 1. The zero-order valence-corrected chi connectivity index (χ0v) is 19.0. The fourth-order valence-electron chi connectivity index (χ4n) is 4.26. The van der Waals surface area contributed by atoms with Gasteiger partial charge in [0.2, 0.25) is 11.8 Å². The van der Waals surface area contributed by atoms with Crippen molar-refractivity contribution >= 4 is 22.8 Å². The molecule has 0 bridgehead atoms. The number of pyridine rings is 1. The van der Waals surface area contributed by atoms with Crippen molar-refractivity contribution in [1.29, 1.82) is 0 Å². The van der Waals surface area contributed by atoms with Gasteiger partial charge in [0.1, 0.15) is 11.7 Å². The number of carbonyl (C=O) groups is 2. The van der Waals surface area contributed by atoms with Crippen molar-refractivity contribution in [3.05, 3.63) is 30.1 Å². The SMILES string of the molecule is CN[C@@H](C)C(=O)N[C@H](C(=O)N1CCC[C@@H]1Cc1cn(C)c2ncccc12)C(C)(C)C. The minimum atomic E-state index is -0.560. The van der Waals surface area contributed by atoms with E-state index >= 15 is 0 Å². The average molecular weight is 414 g/mol. The lowest BCUT2D eigenvalue weighted by Gasteiger charge is -2.36. The second-order valence-corrected chi connectivity index (χ2v) is 9.49. The first kappa shape index (κ1) is 22.3. The maximum absolute atomic E-state index is 13.6. The van der Waals surface area contributed by atoms with E-state index in [0.717, 1.165) is 36.8 Å². The Bertz CT molecular complexity index is 914. The maximum Gasteiger partial charge on any atom is 0.245 e. The van der Waals surface area contributed by atoms with Crippen LogP contribution in [0.3, 0.4) is 0 Å². The van der Waals surface area contributed by atoms with Gasteiger partial charge in [0.05, 0.1) is 6.04 Å². The highest BCUT2D eigenvalue weighted by atomic mass is 16.2. The molecule has 7 nitrogen and oxygen atoms in total. The zero-order valence-electron chi connectivity index (χ0n) is 19.0. The topological polar surface area (TPSA) is 79.3 Å². The minimum Gasteiger partial charge on any atom is -0.342 e. The van der Waals surface area contributed by atoms with Gasteiger partial charge in [-0.25, -0.2) is 4.98 Å². The van der Waals surface area contributed by atoms with Gasteiger partial charge < -0.3 is 20.1 Å². The Balaban J connectivity index is 1.81. The Labute approximate surface area is 179 Å². The molecule has 0 saturated carbocycles. The smallest absolute Gasteiger partial charge is 0.245 e. The van der Waals surface area contributed by atoms with Crippen molar-refractivity contribution in [2.24, 2.45) is 12.5 Å². The van der Waals surface area contributed by atoms with E-state index in [1.807, 2.05) is 43.4 Å². The summed E-state index contributed by atoms with van der Waals surface area (Å²) in [4.78, 5) is 32.6. The quantitative estimate of drug-likeness (QED) is 0.761. The van der Waals surface area contributed by atoms with E-state index in [1.165, 1.54) is 5.56 Å². The van der Waals surface area contributed by atoms with E-state index in [4.69, 9.17) is 0 Å². The third-order valence-corrected chi connectivity index (χ3v) is 6.16. The van der Waals surface area contributed by atoms with Crippen LogP contribution in [0.25, 0.3) is 11.0 Å². The molecule has 0 spiro atoms. The molecule has 2 N–H and O–H groups in total. The molecule has 30 heavy (non-hydrogen) atoms. The molecule has 1 saturated heterocycles. The van der Waals surface area contributed by atoms with Gasteiger partial charge in [0.25, 0.3) is 0 Å². The van der Waals surface area contributed by atoms with E-state index in [9.17, 15) is 9.59 Å². The van der Waals surface area contributed by atoms with Crippen molar-refractivity contribution in [1.82, 2.24) is 25.1 Å². The number of nitrogens with zero attached hydrogens (tertiary/aromatic N) is 3. The van der Waals surface area contributed by atoms with Crippen molar-refractivity contribution in [2.75, 3.05) is 13.6 Å². The standard InChI is InChI=1S/C23H35N5O2/c1-15(24-5)21(29)26-19(23(2,3)4)22(30)28-12-8-9-17(28)13-16-14-27(6)20-18(16)10-7-11-25-20/h7,10-11,14-15,17,19,24H,8-9,12-13H2,1-6H3,(H,26,29)/t15-,17+,19+/m0/s1. The van der Waals surface area contributed by atoms with Crippen molar-refractivity contribution in [3.8, 4) is 0 Å². The summed E-state index contributed by atoms with van der Waals surface area (Å²) in [6.45, 7) is 8.54. The highest BCUT2D eigenvalue weighted by Crippen LogP contribution is 2.29. The van der Waals surface area contributed by atoms with E-state index < -0.39 is 6.04 Å². The summed E-state index contributed by atoms with van der Waals surface area (Å²) in [5.74, 6) is -0.137. The zero-order chi connectivity index (χ0) is 22.1.